The van der Waals surface area contributed by atoms with Crippen molar-refractivity contribution in [3.63, 3.8) is 0 Å². The van der Waals surface area contributed by atoms with Gasteiger partial charge in [0.2, 0.25) is 0 Å². The standard InChI is InChI=1S/C23H31N3O3/c1-3-4-5-19-16-24-22(18-7-9-20(29-2)10-8-18)23(25-19)26-14-12-17(13-15-26)6-11-21(27)28/h7-10,16-17H,3-6,11-15H2,1-2H3,(H,27,28). The van der Waals surface area contributed by atoms with E-state index in [-0.39, 0.29) is 6.42 Å². The number of nitrogens with zero attached hydrogens (tertiary/aromatic N) is 3. The number of carboxylic acid groups (broad SMARTS) is 1. The maximum absolute atomic E-state index is 10.9. The lowest BCUT2D eigenvalue weighted by Gasteiger charge is -2.33. The molecule has 1 aromatic carbocycles. The van der Waals surface area contributed by atoms with Gasteiger partial charge >= 0.3 is 5.97 Å². The van der Waals surface area contributed by atoms with Crippen LogP contribution in [0.5, 0.6) is 5.75 Å². The van der Waals surface area contributed by atoms with E-state index in [0.717, 1.165) is 80.1 Å². The number of carbonyl (C=O) groups is 1. The van der Waals surface area contributed by atoms with Crippen LogP contribution in [0.3, 0.4) is 0 Å². The minimum Gasteiger partial charge on any atom is -0.497 e. The first kappa shape index (κ1) is 21.1. The number of ether oxygens (including phenoxy) is 1. The molecule has 2 heterocycles. The lowest BCUT2D eigenvalue weighted by atomic mass is 9.92. The van der Waals surface area contributed by atoms with Crippen LogP contribution < -0.4 is 9.64 Å². The smallest absolute Gasteiger partial charge is 0.303 e. The van der Waals surface area contributed by atoms with Crippen LogP contribution in [-0.2, 0) is 11.2 Å². The van der Waals surface area contributed by atoms with E-state index < -0.39 is 5.97 Å². The monoisotopic (exact) mass is 397 g/mol. The van der Waals surface area contributed by atoms with Crippen LogP contribution >= 0.6 is 0 Å². The number of hydrogen-bond acceptors (Lipinski definition) is 5. The molecule has 0 aliphatic carbocycles. The summed E-state index contributed by atoms with van der Waals surface area (Å²) in [6.07, 6.45) is 8.09. The maximum Gasteiger partial charge on any atom is 0.303 e. The van der Waals surface area contributed by atoms with Gasteiger partial charge in [-0.1, -0.05) is 13.3 Å². The molecule has 3 rings (SSSR count). The Bertz CT molecular complexity index is 800. The quantitative estimate of drug-likeness (QED) is 0.668. The zero-order valence-electron chi connectivity index (χ0n) is 17.4. The molecule has 1 N–H and O–H groups in total. The van der Waals surface area contributed by atoms with E-state index in [9.17, 15) is 4.79 Å². The Morgan fingerprint density at radius 2 is 1.97 bits per heavy atom. The predicted octanol–water partition coefficient (Wildman–Crippen LogP) is 4.58. The zero-order valence-corrected chi connectivity index (χ0v) is 17.4. The Morgan fingerprint density at radius 1 is 1.24 bits per heavy atom. The fourth-order valence-corrected chi connectivity index (χ4v) is 3.83. The van der Waals surface area contributed by atoms with Crippen LogP contribution in [-0.4, -0.2) is 41.2 Å². The molecule has 0 spiro atoms. The Kier molecular flexibility index (Phi) is 7.44. The van der Waals surface area contributed by atoms with Gasteiger partial charge < -0.3 is 14.7 Å². The predicted molar refractivity (Wildman–Crippen MR) is 114 cm³/mol. The summed E-state index contributed by atoms with van der Waals surface area (Å²) in [4.78, 5) is 23.0. The van der Waals surface area contributed by atoms with E-state index in [1.54, 1.807) is 7.11 Å². The number of aryl methyl sites for hydroxylation is 1. The average Bonchev–Trinajstić information content (AvgIpc) is 2.76. The lowest BCUT2D eigenvalue weighted by Crippen LogP contribution is -2.35. The maximum atomic E-state index is 10.9. The van der Waals surface area contributed by atoms with Crippen molar-refractivity contribution in [3.8, 4) is 17.0 Å². The second kappa shape index (κ2) is 10.2. The summed E-state index contributed by atoms with van der Waals surface area (Å²) in [6.45, 7) is 3.96. The molecule has 156 valence electrons. The third-order valence-corrected chi connectivity index (χ3v) is 5.63. The van der Waals surface area contributed by atoms with E-state index in [4.69, 9.17) is 19.8 Å². The summed E-state index contributed by atoms with van der Waals surface area (Å²) >= 11 is 0. The molecule has 1 aliphatic rings. The van der Waals surface area contributed by atoms with E-state index in [1.807, 2.05) is 30.5 Å². The summed E-state index contributed by atoms with van der Waals surface area (Å²) in [5.74, 6) is 1.54. The second-order valence-electron chi connectivity index (χ2n) is 7.73. The number of piperidine rings is 1. The fraction of sp³-hybridized carbons (Fsp3) is 0.522. The molecule has 6 heteroatoms. The van der Waals surface area contributed by atoms with Crippen LogP contribution in [0, 0.1) is 5.92 Å². The molecule has 6 nitrogen and oxygen atoms in total. The molecule has 0 bridgehead atoms. The van der Waals surface area contributed by atoms with Gasteiger partial charge in [-0.25, -0.2) is 4.98 Å². The summed E-state index contributed by atoms with van der Waals surface area (Å²) in [6, 6.07) is 7.95. The molecule has 1 fully saturated rings. The summed E-state index contributed by atoms with van der Waals surface area (Å²) in [5.41, 5.74) is 2.97. The molecule has 0 atom stereocenters. The third-order valence-electron chi connectivity index (χ3n) is 5.63. The van der Waals surface area contributed by atoms with Crippen molar-refractivity contribution in [2.45, 2.75) is 51.9 Å². The molecular formula is C23H31N3O3. The van der Waals surface area contributed by atoms with Crippen molar-refractivity contribution < 1.29 is 14.6 Å². The van der Waals surface area contributed by atoms with Crippen LogP contribution in [0.4, 0.5) is 5.82 Å². The number of aliphatic carboxylic acids is 1. The van der Waals surface area contributed by atoms with Gasteiger partial charge in [-0.2, -0.15) is 0 Å². The highest BCUT2D eigenvalue weighted by molar-refractivity contribution is 5.72. The molecule has 1 aromatic heterocycles. The van der Waals surface area contributed by atoms with Crippen molar-refractivity contribution in [2.24, 2.45) is 5.92 Å². The molecular weight excluding hydrogens is 366 g/mol. The first-order valence-electron chi connectivity index (χ1n) is 10.6. The zero-order chi connectivity index (χ0) is 20.6. The van der Waals surface area contributed by atoms with Gasteiger partial charge in [-0.15, -0.1) is 0 Å². The van der Waals surface area contributed by atoms with Gasteiger partial charge in [0.1, 0.15) is 11.4 Å². The van der Waals surface area contributed by atoms with Crippen molar-refractivity contribution in [2.75, 3.05) is 25.1 Å². The molecule has 29 heavy (non-hydrogen) atoms. The second-order valence-corrected chi connectivity index (χ2v) is 7.73. The normalized spacial score (nSPS) is 14.8. The van der Waals surface area contributed by atoms with Gasteiger partial charge in [-0.05, 0) is 62.3 Å². The number of carboxylic acids is 1. The number of hydrogen-bond donors (Lipinski definition) is 1. The molecule has 0 amide bonds. The lowest BCUT2D eigenvalue weighted by molar-refractivity contribution is -0.137. The number of aromatic nitrogens is 2. The van der Waals surface area contributed by atoms with Crippen LogP contribution in [0.1, 0.15) is 51.1 Å². The van der Waals surface area contributed by atoms with Gasteiger partial charge in [0.15, 0.2) is 5.82 Å². The van der Waals surface area contributed by atoms with E-state index in [2.05, 4.69) is 11.8 Å². The van der Waals surface area contributed by atoms with Crippen molar-refractivity contribution in [3.05, 3.63) is 36.2 Å². The molecule has 1 aliphatic heterocycles. The highest BCUT2D eigenvalue weighted by atomic mass is 16.5. The Balaban J connectivity index is 1.81. The molecule has 0 radical (unpaired) electrons. The SMILES string of the molecule is CCCCc1cnc(-c2ccc(OC)cc2)c(N2CCC(CCC(=O)O)CC2)n1. The summed E-state index contributed by atoms with van der Waals surface area (Å²) in [5, 5.41) is 8.94. The Hall–Kier alpha value is -2.63. The number of anilines is 1. The molecule has 0 saturated carbocycles. The molecule has 0 unspecified atom stereocenters. The summed E-state index contributed by atoms with van der Waals surface area (Å²) < 4.78 is 5.28. The minimum atomic E-state index is -0.705. The first-order valence-corrected chi connectivity index (χ1v) is 10.6. The first-order chi connectivity index (χ1) is 14.1. The summed E-state index contributed by atoms with van der Waals surface area (Å²) in [7, 11) is 1.66. The number of rotatable bonds is 9. The van der Waals surface area contributed by atoms with Gasteiger partial charge in [-0.3, -0.25) is 9.78 Å². The Labute approximate surface area is 172 Å². The minimum absolute atomic E-state index is 0.258. The number of methoxy groups -OCH3 is 1. The van der Waals surface area contributed by atoms with Crippen molar-refractivity contribution >= 4 is 11.8 Å². The van der Waals surface area contributed by atoms with Gasteiger partial charge in [0, 0.05) is 31.3 Å². The van der Waals surface area contributed by atoms with Crippen LogP contribution in [0.15, 0.2) is 30.5 Å². The highest BCUT2D eigenvalue weighted by Gasteiger charge is 2.24. The molecule has 2 aromatic rings. The third kappa shape index (κ3) is 5.68. The van der Waals surface area contributed by atoms with Crippen LogP contribution in [0.2, 0.25) is 0 Å². The fourth-order valence-electron chi connectivity index (χ4n) is 3.83. The van der Waals surface area contributed by atoms with Gasteiger partial charge in [0.05, 0.1) is 12.8 Å². The van der Waals surface area contributed by atoms with Crippen molar-refractivity contribution in [1.29, 1.82) is 0 Å². The topological polar surface area (TPSA) is 75.5 Å². The van der Waals surface area contributed by atoms with Crippen LogP contribution in [0.25, 0.3) is 11.3 Å². The van der Waals surface area contributed by atoms with Crippen molar-refractivity contribution in [1.82, 2.24) is 9.97 Å². The number of unbranched alkanes of at least 4 members (excludes halogenated alkanes) is 1. The Morgan fingerprint density at radius 3 is 2.59 bits per heavy atom. The number of benzene rings is 1. The van der Waals surface area contributed by atoms with E-state index in [0.29, 0.717) is 5.92 Å². The van der Waals surface area contributed by atoms with E-state index >= 15 is 0 Å². The molecule has 1 saturated heterocycles. The van der Waals surface area contributed by atoms with E-state index in [1.165, 1.54) is 0 Å². The largest absolute Gasteiger partial charge is 0.497 e. The highest BCUT2D eigenvalue weighted by Crippen LogP contribution is 2.32. The van der Waals surface area contributed by atoms with Gasteiger partial charge in [0.25, 0.3) is 0 Å². The average molecular weight is 398 g/mol.